The molecule has 0 radical (unpaired) electrons. The lowest BCUT2D eigenvalue weighted by molar-refractivity contribution is 0.129. The number of hydrogen-bond donors (Lipinski definition) is 1. The van der Waals surface area contributed by atoms with Crippen LogP contribution in [0.2, 0.25) is 5.02 Å². The van der Waals surface area contributed by atoms with Crippen molar-refractivity contribution in [2.45, 2.75) is 44.6 Å². The van der Waals surface area contributed by atoms with Crippen molar-refractivity contribution in [2.75, 3.05) is 6.54 Å². The molecule has 1 aromatic rings. The van der Waals surface area contributed by atoms with Gasteiger partial charge >= 0.3 is 0 Å². The highest BCUT2D eigenvalue weighted by atomic mass is 35.5. The summed E-state index contributed by atoms with van der Waals surface area (Å²) in [6, 6.07) is 2.87. The molecule has 0 aliphatic heterocycles. The van der Waals surface area contributed by atoms with Crippen molar-refractivity contribution in [3.8, 4) is 0 Å². The molecule has 0 aromatic carbocycles. The maximum Gasteiger partial charge on any atom is 0.0621 e. The minimum atomic E-state index is 0.466. The van der Waals surface area contributed by atoms with E-state index in [1.807, 2.05) is 6.20 Å². The third-order valence-corrected chi connectivity index (χ3v) is 4.52. The van der Waals surface area contributed by atoms with Crippen LogP contribution in [0.25, 0.3) is 0 Å². The normalized spacial score (nSPS) is 22.2. The van der Waals surface area contributed by atoms with E-state index < -0.39 is 0 Å². The van der Waals surface area contributed by atoms with Crippen molar-refractivity contribution >= 4 is 11.6 Å². The molecule has 92 valence electrons. The van der Waals surface area contributed by atoms with Crippen LogP contribution in [0.15, 0.2) is 18.5 Å². The highest BCUT2D eigenvalue weighted by Gasteiger charge is 2.38. The maximum absolute atomic E-state index is 6.20. The zero-order chi connectivity index (χ0) is 11.7. The van der Waals surface area contributed by atoms with E-state index in [9.17, 15) is 0 Å². The first-order chi connectivity index (χ1) is 8.27. The molecule has 2 fully saturated rings. The molecule has 0 bridgehead atoms. The molecular formula is C14H19ClN2. The number of nitrogens with zero attached hydrogens (tertiary/aromatic N) is 1. The minimum Gasteiger partial charge on any atom is -0.313 e. The van der Waals surface area contributed by atoms with Crippen molar-refractivity contribution in [1.82, 2.24) is 10.3 Å². The average molecular weight is 251 g/mol. The van der Waals surface area contributed by atoms with Crippen molar-refractivity contribution in [2.24, 2.45) is 5.41 Å². The summed E-state index contributed by atoms with van der Waals surface area (Å²) in [6.45, 7) is 1.16. The van der Waals surface area contributed by atoms with Gasteiger partial charge in [0.15, 0.2) is 0 Å². The maximum atomic E-state index is 6.20. The molecule has 1 N–H and O–H groups in total. The van der Waals surface area contributed by atoms with E-state index in [0.29, 0.717) is 5.41 Å². The summed E-state index contributed by atoms with van der Waals surface area (Å²) in [7, 11) is 0. The van der Waals surface area contributed by atoms with E-state index in [1.165, 1.54) is 37.7 Å². The fraction of sp³-hybridized carbons (Fsp3) is 0.643. The minimum absolute atomic E-state index is 0.466. The fourth-order valence-corrected chi connectivity index (χ4v) is 2.88. The van der Waals surface area contributed by atoms with E-state index in [4.69, 9.17) is 11.6 Å². The molecule has 2 aliphatic rings. The molecular weight excluding hydrogens is 232 g/mol. The van der Waals surface area contributed by atoms with Gasteiger partial charge in [-0.2, -0.15) is 0 Å². The second-order valence-electron chi connectivity index (χ2n) is 5.65. The van der Waals surface area contributed by atoms with E-state index in [2.05, 4.69) is 16.4 Å². The number of pyridine rings is 1. The predicted octanol–water partition coefficient (Wildman–Crippen LogP) is 3.20. The topological polar surface area (TPSA) is 24.9 Å². The van der Waals surface area contributed by atoms with Crippen LogP contribution in [0.1, 0.15) is 37.7 Å². The Morgan fingerprint density at radius 3 is 2.82 bits per heavy atom. The number of hydrogen-bond acceptors (Lipinski definition) is 2. The monoisotopic (exact) mass is 250 g/mol. The summed E-state index contributed by atoms with van der Waals surface area (Å²) in [4.78, 5) is 4.06. The van der Waals surface area contributed by atoms with Gasteiger partial charge in [-0.25, -0.2) is 0 Å². The first-order valence-corrected chi connectivity index (χ1v) is 6.97. The second-order valence-corrected chi connectivity index (χ2v) is 6.06. The van der Waals surface area contributed by atoms with Crippen LogP contribution in [-0.4, -0.2) is 17.6 Å². The van der Waals surface area contributed by atoms with Gasteiger partial charge in [0.1, 0.15) is 0 Å². The lowest BCUT2D eigenvalue weighted by Gasteiger charge is -2.42. The van der Waals surface area contributed by atoms with E-state index in [0.717, 1.165) is 24.0 Å². The Morgan fingerprint density at radius 1 is 1.41 bits per heavy atom. The molecule has 0 atom stereocenters. The van der Waals surface area contributed by atoms with Gasteiger partial charge in [0, 0.05) is 25.0 Å². The van der Waals surface area contributed by atoms with Gasteiger partial charge in [-0.15, -0.1) is 0 Å². The van der Waals surface area contributed by atoms with Gasteiger partial charge in [0.2, 0.25) is 0 Å². The molecule has 1 heterocycles. The lowest BCUT2D eigenvalue weighted by atomic mass is 9.65. The summed E-state index contributed by atoms with van der Waals surface area (Å²) in [5.74, 6) is 0. The highest BCUT2D eigenvalue weighted by molar-refractivity contribution is 6.31. The Balaban J connectivity index is 1.66. The third kappa shape index (κ3) is 2.63. The molecule has 0 amide bonds. The SMILES string of the molecule is Clc1cnccc1CC1(CNC2CC2)CCC1. The summed E-state index contributed by atoms with van der Waals surface area (Å²) in [6.07, 6.45) is 11.5. The van der Waals surface area contributed by atoms with Gasteiger partial charge in [-0.05, 0) is 49.1 Å². The van der Waals surface area contributed by atoms with Gasteiger partial charge in [-0.3, -0.25) is 4.98 Å². The molecule has 3 rings (SSSR count). The quantitative estimate of drug-likeness (QED) is 0.868. The van der Waals surface area contributed by atoms with Crippen LogP contribution >= 0.6 is 11.6 Å². The smallest absolute Gasteiger partial charge is 0.0621 e. The van der Waals surface area contributed by atoms with E-state index >= 15 is 0 Å². The standard InChI is InChI=1S/C14H19ClN2/c15-13-9-16-7-4-11(13)8-14(5-1-6-14)10-17-12-2-3-12/h4,7,9,12,17H,1-3,5-6,8,10H2. The van der Waals surface area contributed by atoms with Crippen molar-refractivity contribution in [3.05, 3.63) is 29.0 Å². The molecule has 17 heavy (non-hydrogen) atoms. The van der Waals surface area contributed by atoms with E-state index in [1.54, 1.807) is 6.20 Å². The van der Waals surface area contributed by atoms with Crippen LogP contribution in [0.3, 0.4) is 0 Å². The summed E-state index contributed by atoms with van der Waals surface area (Å²) in [5.41, 5.74) is 1.73. The first kappa shape index (κ1) is 11.5. The van der Waals surface area contributed by atoms with Crippen LogP contribution in [0, 0.1) is 5.41 Å². The molecule has 0 saturated heterocycles. The number of aromatic nitrogens is 1. The zero-order valence-corrected chi connectivity index (χ0v) is 10.8. The largest absolute Gasteiger partial charge is 0.313 e. The van der Waals surface area contributed by atoms with Crippen LogP contribution < -0.4 is 5.32 Å². The third-order valence-electron chi connectivity index (χ3n) is 4.18. The average Bonchev–Trinajstić information content (AvgIpc) is 3.08. The summed E-state index contributed by atoms with van der Waals surface area (Å²) >= 11 is 6.20. The van der Waals surface area contributed by atoms with Crippen LogP contribution in [0.5, 0.6) is 0 Å². The van der Waals surface area contributed by atoms with Crippen molar-refractivity contribution < 1.29 is 0 Å². The van der Waals surface area contributed by atoms with Crippen LogP contribution in [-0.2, 0) is 6.42 Å². The van der Waals surface area contributed by atoms with Crippen molar-refractivity contribution in [1.29, 1.82) is 0 Å². The summed E-state index contributed by atoms with van der Waals surface area (Å²) < 4.78 is 0. The Morgan fingerprint density at radius 2 is 2.24 bits per heavy atom. The molecule has 0 unspecified atom stereocenters. The molecule has 1 aromatic heterocycles. The number of halogens is 1. The summed E-state index contributed by atoms with van der Waals surface area (Å²) in [5, 5.41) is 4.50. The van der Waals surface area contributed by atoms with E-state index in [-0.39, 0.29) is 0 Å². The highest BCUT2D eigenvalue weighted by Crippen LogP contribution is 2.44. The fourth-order valence-electron chi connectivity index (χ4n) is 2.69. The Hall–Kier alpha value is -0.600. The molecule has 3 heteroatoms. The van der Waals surface area contributed by atoms with Gasteiger partial charge in [0.25, 0.3) is 0 Å². The van der Waals surface area contributed by atoms with Crippen molar-refractivity contribution in [3.63, 3.8) is 0 Å². The molecule has 2 nitrogen and oxygen atoms in total. The Kier molecular flexibility index (Phi) is 3.10. The molecule has 2 saturated carbocycles. The number of nitrogens with one attached hydrogen (secondary N) is 1. The lowest BCUT2D eigenvalue weighted by Crippen LogP contribution is -2.42. The van der Waals surface area contributed by atoms with Gasteiger partial charge in [-0.1, -0.05) is 18.0 Å². The second kappa shape index (κ2) is 4.58. The number of rotatable bonds is 5. The zero-order valence-electron chi connectivity index (χ0n) is 10.1. The Bertz CT molecular complexity index is 397. The molecule has 2 aliphatic carbocycles. The Labute approximate surface area is 108 Å². The van der Waals surface area contributed by atoms with Crippen LogP contribution in [0.4, 0.5) is 0 Å². The first-order valence-electron chi connectivity index (χ1n) is 6.59. The van der Waals surface area contributed by atoms with Gasteiger partial charge < -0.3 is 5.32 Å². The molecule has 0 spiro atoms. The predicted molar refractivity (Wildman–Crippen MR) is 70.3 cm³/mol. The van der Waals surface area contributed by atoms with Gasteiger partial charge in [0.05, 0.1) is 5.02 Å².